The number of nitrogens with one attached hydrogen (secondary N) is 1. The molecule has 6 heteroatoms. The van der Waals surface area contributed by atoms with Crippen molar-refractivity contribution in [3.63, 3.8) is 0 Å². The molecule has 1 aromatic carbocycles. The molecule has 0 aliphatic heterocycles. The molecule has 1 fully saturated rings. The van der Waals surface area contributed by atoms with E-state index in [0.717, 1.165) is 25.7 Å². The highest BCUT2D eigenvalue weighted by Crippen LogP contribution is 2.18. The molecule has 25 heavy (non-hydrogen) atoms. The largest absolute Gasteiger partial charge is 0.465 e. The minimum atomic E-state index is -0.423. The first kappa shape index (κ1) is 19.0. The van der Waals surface area contributed by atoms with Gasteiger partial charge in [-0.15, -0.1) is 0 Å². The third-order valence-electron chi connectivity index (χ3n) is 4.51. The van der Waals surface area contributed by atoms with E-state index in [1.165, 1.54) is 20.5 Å². The third-order valence-corrected chi connectivity index (χ3v) is 4.51. The van der Waals surface area contributed by atoms with Crippen molar-refractivity contribution < 1.29 is 19.1 Å². The summed E-state index contributed by atoms with van der Waals surface area (Å²) in [7, 11) is 1.32. The number of nitrogens with zero attached hydrogens (tertiary/aromatic N) is 1. The molecule has 0 bridgehead atoms. The van der Waals surface area contributed by atoms with Crippen LogP contribution in [0.15, 0.2) is 24.3 Å². The molecular weight excluding hydrogens is 320 g/mol. The lowest BCUT2D eigenvalue weighted by atomic mass is 9.95. The average molecular weight is 346 g/mol. The predicted octanol–water partition coefficient (Wildman–Crippen LogP) is 2.67. The van der Waals surface area contributed by atoms with E-state index in [1.54, 1.807) is 29.2 Å². The van der Waals surface area contributed by atoms with E-state index in [-0.39, 0.29) is 24.3 Å². The van der Waals surface area contributed by atoms with Gasteiger partial charge >= 0.3 is 5.97 Å². The van der Waals surface area contributed by atoms with Crippen molar-refractivity contribution >= 4 is 23.5 Å². The Bertz CT molecular complexity index is 606. The van der Waals surface area contributed by atoms with E-state index >= 15 is 0 Å². The number of hydrogen-bond donors (Lipinski definition) is 1. The Hall–Kier alpha value is -2.37. The fourth-order valence-corrected chi connectivity index (χ4v) is 3.12. The van der Waals surface area contributed by atoms with Gasteiger partial charge in [0.15, 0.2) is 0 Å². The number of hydrogen-bond acceptors (Lipinski definition) is 4. The van der Waals surface area contributed by atoms with Crippen LogP contribution >= 0.6 is 0 Å². The Labute approximate surface area is 148 Å². The summed E-state index contributed by atoms with van der Waals surface area (Å²) in [6, 6.07) is 6.86. The van der Waals surface area contributed by atoms with Crippen molar-refractivity contribution in [3.05, 3.63) is 29.8 Å². The van der Waals surface area contributed by atoms with Gasteiger partial charge in [-0.05, 0) is 37.1 Å². The fourth-order valence-electron chi connectivity index (χ4n) is 3.12. The lowest BCUT2D eigenvalue weighted by molar-refractivity contribution is -0.121. The Morgan fingerprint density at radius 1 is 1.12 bits per heavy atom. The highest BCUT2D eigenvalue weighted by atomic mass is 16.5. The number of amides is 2. The second-order valence-corrected chi connectivity index (χ2v) is 6.36. The molecule has 0 saturated heterocycles. The normalized spacial score (nSPS) is 14.6. The third kappa shape index (κ3) is 5.59. The maximum Gasteiger partial charge on any atom is 0.337 e. The fraction of sp³-hybridized carbons (Fsp3) is 0.526. The van der Waals surface area contributed by atoms with Crippen LogP contribution in [0.3, 0.4) is 0 Å². The summed E-state index contributed by atoms with van der Waals surface area (Å²) in [6.07, 6.45) is 5.91. The quantitative estimate of drug-likeness (QED) is 0.804. The summed E-state index contributed by atoms with van der Waals surface area (Å²) in [6.45, 7) is 1.78. The van der Waals surface area contributed by atoms with Crippen molar-refractivity contribution in [3.8, 4) is 0 Å². The van der Waals surface area contributed by atoms with Crippen LogP contribution in [0.1, 0.15) is 55.8 Å². The molecule has 0 atom stereocenters. The molecule has 1 N–H and O–H groups in total. The number of ether oxygens (including phenoxy) is 1. The highest BCUT2D eigenvalue weighted by Gasteiger charge is 2.18. The summed E-state index contributed by atoms with van der Waals surface area (Å²) in [5.74, 6) is -0.589. The van der Waals surface area contributed by atoms with E-state index in [0.29, 0.717) is 17.8 Å². The van der Waals surface area contributed by atoms with Gasteiger partial charge in [0.2, 0.25) is 11.8 Å². The summed E-state index contributed by atoms with van der Waals surface area (Å²) in [5, 5.41) is 3.06. The molecular formula is C19H26N2O4. The number of rotatable bonds is 6. The van der Waals surface area contributed by atoms with Crippen LogP contribution in [0.2, 0.25) is 0 Å². The van der Waals surface area contributed by atoms with Gasteiger partial charge in [-0.1, -0.05) is 19.3 Å². The molecule has 0 radical (unpaired) electrons. The van der Waals surface area contributed by atoms with Gasteiger partial charge in [-0.2, -0.15) is 0 Å². The molecule has 1 aromatic rings. The van der Waals surface area contributed by atoms with Gasteiger partial charge in [-0.25, -0.2) is 4.79 Å². The molecule has 2 amide bonds. The van der Waals surface area contributed by atoms with Crippen molar-refractivity contribution in [1.29, 1.82) is 0 Å². The zero-order valence-corrected chi connectivity index (χ0v) is 14.9. The second-order valence-electron chi connectivity index (χ2n) is 6.36. The van der Waals surface area contributed by atoms with Gasteiger partial charge < -0.3 is 15.0 Å². The number of esters is 1. The standard InChI is InChI=1S/C19H26N2O4/c1-14(22)21(17-10-8-15(9-11-17)19(24)25-2)13-12-18(23)20-16-6-4-3-5-7-16/h8-11,16H,3-7,12-13H2,1-2H3,(H,20,23). The Balaban J connectivity index is 1.92. The summed E-state index contributed by atoms with van der Waals surface area (Å²) in [4.78, 5) is 37.1. The zero-order chi connectivity index (χ0) is 18.2. The Morgan fingerprint density at radius 3 is 2.32 bits per heavy atom. The molecule has 0 heterocycles. The van der Waals surface area contributed by atoms with Crippen LogP contribution < -0.4 is 10.2 Å². The van der Waals surface area contributed by atoms with Crippen LogP contribution in [0.25, 0.3) is 0 Å². The van der Waals surface area contributed by atoms with Crippen molar-refractivity contribution in [2.45, 2.75) is 51.5 Å². The van der Waals surface area contributed by atoms with Gasteiger partial charge in [0.1, 0.15) is 0 Å². The number of carbonyl (C=O) groups is 3. The minimum Gasteiger partial charge on any atom is -0.465 e. The molecule has 6 nitrogen and oxygen atoms in total. The molecule has 1 saturated carbocycles. The molecule has 0 aromatic heterocycles. The molecule has 136 valence electrons. The molecule has 1 aliphatic carbocycles. The van der Waals surface area contributed by atoms with Crippen molar-refractivity contribution in [1.82, 2.24) is 5.32 Å². The van der Waals surface area contributed by atoms with E-state index in [4.69, 9.17) is 0 Å². The average Bonchev–Trinajstić information content (AvgIpc) is 2.62. The van der Waals surface area contributed by atoms with Gasteiger partial charge in [0, 0.05) is 31.6 Å². The monoisotopic (exact) mass is 346 g/mol. The Morgan fingerprint density at radius 2 is 1.76 bits per heavy atom. The first-order chi connectivity index (χ1) is 12.0. The predicted molar refractivity (Wildman–Crippen MR) is 95.4 cm³/mol. The second kappa shape index (κ2) is 9.20. The van der Waals surface area contributed by atoms with Crippen molar-refractivity contribution in [2.75, 3.05) is 18.6 Å². The van der Waals surface area contributed by atoms with Crippen LogP contribution in [-0.2, 0) is 14.3 Å². The van der Waals surface area contributed by atoms with Crippen LogP contribution in [0, 0.1) is 0 Å². The first-order valence-corrected chi connectivity index (χ1v) is 8.77. The zero-order valence-electron chi connectivity index (χ0n) is 14.9. The van der Waals surface area contributed by atoms with E-state index < -0.39 is 5.97 Å². The highest BCUT2D eigenvalue weighted by molar-refractivity contribution is 5.94. The maximum atomic E-state index is 12.1. The number of carbonyl (C=O) groups excluding carboxylic acids is 3. The van der Waals surface area contributed by atoms with Gasteiger partial charge in [-0.3, -0.25) is 9.59 Å². The summed E-state index contributed by atoms with van der Waals surface area (Å²) < 4.78 is 4.66. The van der Waals surface area contributed by atoms with E-state index in [9.17, 15) is 14.4 Å². The van der Waals surface area contributed by atoms with Gasteiger partial charge in [0.25, 0.3) is 0 Å². The van der Waals surface area contributed by atoms with Gasteiger partial charge in [0.05, 0.1) is 12.7 Å². The van der Waals surface area contributed by atoms with Crippen LogP contribution in [-0.4, -0.2) is 37.5 Å². The smallest absolute Gasteiger partial charge is 0.337 e. The molecule has 1 aliphatic rings. The summed E-state index contributed by atoms with van der Waals surface area (Å²) >= 11 is 0. The molecule has 2 rings (SSSR count). The lowest BCUT2D eigenvalue weighted by Gasteiger charge is -2.24. The van der Waals surface area contributed by atoms with Crippen LogP contribution in [0.4, 0.5) is 5.69 Å². The summed E-state index contributed by atoms with van der Waals surface area (Å²) in [5.41, 5.74) is 1.08. The molecule has 0 unspecified atom stereocenters. The Kier molecular flexibility index (Phi) is 6.98. The number of benzene rings is 1. The van der Waals surface area contributed by atoms with Crippen LogP contribution in [0.5, 0.6) is 0 Å². The number of methoxy groups -OCH3 is 1. The van der Waals surface area contributed by atoms with Crippen molar-refractivity contribution in [2.24, 2.45) is 0 Å². The lowest BCUT2D eigenvalue weighted by Crippen LogP contribution is -2.39. The SMILES string of the molecule is COC(=O)c1ccc(N(CCC(=O)NC2CCCCC2)C(C)=O)cc1. The number of anilines is 1. The minimum absolute atomic E-state index is 0.0238. The van der Waals surface area contributed by atoms with E-state index in [2.05, 4.69) is 10.1 Å². The molecule has 0 spiro atoms. The van der Waals surface area contributed by atoms with E-state index in [1.807, 2.05) is 0 Å². The first-order valence-electron chi connectivity index (χ1n) is 8.77. The maximum absolute atomic E-state index is 12.1. The topological polar surface area (TPSA) is 75.7 Å².